The van der Waals surface area contributed by atoms with Gasteiger partial charge in [-0.15, -0.1) is 0 Å². The Balaban J connectivity index is 1.23. The van der Waals surface area contributed by atoms with Crippen molar-refractivity contribution in [2.45, 2.75) is 52.1 Å². The molecule has 2 aliphatic carbocycles. The highest BCUT2D eigenvalue weighted by molar-refractivity contribution is 5.91. The van der Waals surface area contributed by atoms with Gasteiger partial charge in [-0.05, 0) is 56.6 Å². The number of nitrogens with zero attached hydrogens (tertiary/aromatic N) is 2. The lowest BCUT2D eigenvalue weighted by atomic mass is 9.59. The van der Waals surface area contributed by atoms with Crippen molar-refractivity contribution in [2.24, 2.45) is 17.3 Å². The standard InChI is InChI=1S/C24H32N2O4/c1-16-5-3-7-24(2)14-21-17(13-19(16)24)18(23(28)30-21)15-25-8-10-26(11-9-25)22(27)20-6-4-12-29-20/h4,6,12,17-18,21H,3,5,7-11,13-15H2,1-2H3/t17-,18+,21+,24+/m0/s1. The first-order valence-corrected chi connectivity index (χ1v) is 11.4. The van der Waals surface area contributed by atoms with Crippen molar-refractivity contribution >= 4 is 11.9 Å². The summed E-state index contributed by atoms with van der Waals surface area (Å²) in [4.78, 5) is 29.4. The Morgan fingerprint density at radius 2 is 2.07 bits per heavy atom. The average molecular weight is 413 g/mol. The Morgan fingerprint density at radius 3 is 2.80 bits per heavy atom. The Bertz CT molecular complexity index is 853. The first kappa shape index (κ1) is 19.9. The van der Waals surface area contributed by atoms with Crippen molar-refractivity contribution in [2.75, 3.05) is 32.7 Å². The van der Waals surface area contributed by atoms with E-state index in [1.54, 1.807) is 23.3 Å². The molecule has 1 aromatic heterocycles. The highest BCUT2D eigenvalue weighted by Gasteiger charge is 2.53. The molecule has 0 bridgehead atoms. The molecule has 0 spiro atoms. The van der Waals surface area contributed by atoms with Crippen LogP contribution in [0.25, 0.3) is 0 Å². The summed E-state index contributed by atoms with van der Waals surface area (Å²) < 4.78 is 11.2. The highest BCUT2D eigenvalue weighted by atomic mass is 16.6. The quantitative estimate of drug-likeness (QED) is 0.562. The summed E-state index contributed by atoms with van der Waals surface area (Å²) in [5, 5.41) is 0. The predicted octanol–water partition coefficient (Wildman–Crippen LogP) is 3.50. The van der Waals surface area contributed by atoms with E-state index in [0.29, 0.717) is 24.8 Å². The van der Waals surface area contributed by atoms with E-state index >= 15 is 0 Å². The number of ether oxygens (including phenoxy) is 1. The molecule has 1 saturated carbocycles. The lowest BCUT2D eigenvalue weighted by Crippen LogP contribution is -2.51. The summed E-state index contributed by atoms with van der Waals surface area (Å²) in [5.41, 5.74) is 3.37. The molecular weight excluding hydrogens is 380 g/mol. The number of piperazine rings is 1. The number of carbonyl (C=O) groups excluding carboxylic acids is 2. The zero-order chi connectivity index (χ0) is 20.9. The molecule has 1 aromatic rings. The van der Waals surface area contributed by atoms with Crippen LogP contribution in [0.1, 0.15) is 56.5 Å². The normalized spacial score (nSPS) is 34.5. The summed E-state index contributed by atoms with van der Waals surface area (Å²) in [6.45, 7) is 8.30. The van der Waals surface area contributed by atoms with Crippen molar-refractivity contribution in [3.63, 3.8) is 0 Å². The van der Waals surface area contributed by atoms with E-state index in [4.69, 9.17) is 9.15 Å². The number of fused-ring (bicyclic) bond motifs is 2. The van der Waals surface area contributed by atoms with Crippen LogP contribution in [0.2, 0.25) is 0 Å². The van der Waals surface area contributed by atoms with E-state index in [1.807, 2.05) is 4.90 Å². The molecule has 1 amide bonds. The summed E-state index contributed by atoms with van der Waals surface area (Å²) in [6, 6.07) is 3.45. The van der Waals surface area contributed by atoms with Crippen molar-refractivity contribution in [3.05, 3.63) is 35.3 Å². The molecule has 6 heteroatoms. The second-order valence-corrected chi connectivity index (χ2v) is 9.90. The molecule has 0 unspecified atom stereocenters. The molecule has 30 heavy (non-hydrogen) atoms. The number of allylic oxidation sites excluding steroid dienone is 2. The fourth-order valence-electron chi connectivity index (χ4n) is 6.29. The maximum atomic E-state index is 12.8. The Morgan fingerprint density at radius 1 is 1.27 bits per heavy atom. The Labute approximate surface area is 178 Å². The van der Waals surface area contributed by atoms with E-state index < -0.39 is 0 Å². The summed E-state index contributed by atoms with van der Waals surface area (Å²) in [7, 11) is 0. The van der Waals surface area contributed by atoms with Gasteiger partial charge in [0.05, 0.1) is 12.2 Å². The third-order valence-electron chi connectivity index (χ3n) is 8.03. The van der Waals surface area contributed by atoms with Crippen LogP contribution >= 0.6 is 0 Å². The van der Waals surface area contributed by atoms with Crippen molar-refractivity contribution in [1.29, 1.82) is 0 Å². The van der Waals surface area contributed by atoms with Gasteiger partial charge < -0.3 is 14.1 Å². The Hall–Kier alpha value is -2.08. The minimum absolute atomic E-state index is 0.0143. The summed E-state index contributed by atoms with van der Waals surface area (Å²) in [5.74, 6) is 0.586. The molecule has 0 radical (unpaired) electrons. The van der Waals surface area contributed by atoms with Gasteiger partial charge >= 0.3 is 5.97 Å². The molecule has 0 N–H and O–H groups in total. The summed E-state index contributed by atoms with van der Waals surface area (Å²) >= 11 is 0. The lowest BCUT2D eigenvalue weighted by molar-refractivity contribution is -0.145. The van der Waals surface area contributed by atoms with Gasteiger partial charge in [-0.2, -0.15) is 0 Å². The molecule has 0 aromatic carbocycles. The third kappa shape index (κ3) is 3.39. The van der Waals surface area contributed by atoms with Gasteiger partial charge in [-0.1, -0.05) is 18.1 Å². The lowest BCUT2D eigenvalue weighted by Gasteiger charge is -2.46. The highest BCUT2D eigenvalue weighted by Crippen LogP contribution is 2.55. The molecule has 2 saturated heterocycles. The van der Waals surface area contributed by atoms with Crippen LogP contribution in [0.3, 0.4) is 0 Å². The zero-order valence-electron chi connectivity index (χ0n) is 18.1. The van der Waals surface area contributed by atoms with Crippen LogP contribution in [0, 0.1) is 17.3 Å². The number of hydrogen-bond acceptors (Lipinski definition) is 5. The van der Waals surface area contributed by atoms with Gasteiger partial charge in [0.1, 0.15) is 6.10 Å². The minimum atomic E-state index is -0.0498. The largest absolute Gasteiger partial charge is 0.462 e. The monoisotopic (exact) mass is 412 g/mol. The first-order chi connectivity index (χ1) is 14.4. The van der Waals surface area contributed by atoms with Crippen LogP contribution < -0.4 is 0 Å². The van der Waals surface area contributed by atoms with Gasteiger partial charge in [0, 0.05) is 38.6 Å². The van der Waals surface area contributed by atoms with Crippen LogP contribution in [-0.2, 0) is 9.53 Å². The third-order valence-corrected chi connectivity index (χ3v) is 8.03. The average Bonchev–Trinajstić information content (AvgIpc) is 3.35. The second kappa shape index (κ2) is 7.56. The van der Waals surface area contributed by atoms with Crippen molar-refractivity contribution in [3.8, 4) is 0 Å². The number of furan rings is 1. The zero-order valence-corrected chi connectivity index (χ0v) is 18.1. The summed E-state index contributed by atoms with van der Waals surface area (Å²) in [6.07, 6.45) is 7.28. The van der Waals surface area contributed by atoms with E-state index in [0.717, 1.165) is 32.5 Å². The predicted molar refractivity (Wildman–Crippen MR) is 112 cm³/mol. The molecule has 4 aliphatic rings. The SMILES string of the molecule is CC1=C2C[C@@H]3[C@@H](C[C@@]2(C)CCC1)OC(=O)[C@@H]3CN1CCN(C(=O)c2ccco2)CC1. The van der Waals surface area contributed by atoms with E-state index in [-0.39, 0.29) is 29.3 Å². The maximum absolute atomic E-state index is 12.8. The number of carbonyl (C=O) groups is 2. The molecule has 5 rings (SSSR count). The molecule has 6 nitrogen and oxygen atoms in total. The second-order valence-electron chi connectivity index (χ2n) is 9.90. The van der Waals surface area contributed by atoms with E-state index in [9.17, 15) is 9.59 Å². The fourth-order valence-corrected chi connectivity index (χ4v) is 6.29. The molecule has 3 fully saturated rings. The van der Waals surface area contributed by atoms with Crippen molar-refractivity contribution < 1.29 is 18.7 Å². The number of esters is 1. The number of amides is 1. The van der Waals surface area contributed by atoms with Crippen molar-refractivity contribution in [1.82, 2.24) is 9.80 Å². The maximum Gasteiger partial charge on any atom is 0.310 e. The van der Waals surface area contributed by atoms with Gasteiger partial charge in [0.15, 0.2) is 5.76 Å². The van der Waals surface area contributed by atoms with Gasteiger partial charge in [0.25, 0.3) is 5.91 Å². The number of rotatable bonds is 3. The van der Waals surface area contributed by atoms with E-state index in [1.165, 1.54) is 25.5 Å². The molecule has 162 valence electrons. The molecule has 4 atom stereocenters. The van der Waals surface area contributed by atoms with Crippen LogP contribution in [0.5, 0.6) is 0 Å². The Kier molecular flexibility index (Phi) is 5.00. The molecular formula is C24H32N2O4. The fraction of sp³-hybridized carbons (Fsp3) is 0.667. The molecule has 2 aliphatic heterocycles. The van der Waals surface area contributed by atoms with Crippen LogP contribution in [0.4, 0.5) is 0 Å². The van der Waals surface area contributed by atoms with E-state index in [2.05, 4.69) is 18.7 Å². The number of hydrogen-bond donors (Lipinski definition) is 0. The first-order valence-electron chi connectivity index (χ1n) is 11.4. The van der Waals surface area contributed by atoms with Gasteiger partial charge in [-0.3, -0.25) is 14.5 Å². The van der Waals surface area contributed by atoms with Crippen LogP contribution in [-0.4, -0.2) is 60.5 Å². The van der Waals surface area contributed by atoms with Crippen LogP contribution in [0.15, 0.2) is 34.0 Å². The van der Waals surface area contributed by atoms with Gasteiger partial charge in [0.2, 0.25) is 0 Å². The minimum Gasteiger partial charge on any atom is -0.462 e. The smallest absolute Gasteiger partial charge is 0.310 e. The molecule has 3 heterocycles. The van der Waals surface area contributed by atoms with Gasteiger partial charge in [-0.25, -0.2) is 0 Å². The topological polar surface area (TPSA) is 63.0 Å².